The maximum atomic E-state index is 10.8. The lowest BCUT2D eigenvalue weighted by Crippen LogP contribution is -2.57. The Balaban J connectivity index is 1.25. The topological polar surface area (TPSA) is 54.2 Å². The second-order valence-electron chi connectivity index (χ2n) is 15.9. The van der Waals surface area contributed by atoms with E-state index < -0.39 is 0 Å². The maximum absolute atomic E-state index is 10.8. The number of hydrogen-bond donors (Lipinski definition) is 1. The Hall–Kier alpha value is -2.20. The van der Waals surface area contributed by atoms with Crippen LogP contribution in [0.3, 0.4) is 0 Å². The van der Waals surface area contributed by atoms with E-state index in [-0.39, 0.29) is 11.5 Å². The van der Waals surface area contributed by atoms with Crippen molar-refractivity contribution in [1.82, 2.24) is 0 Å². The zero-order valence-electron chi connectivity index (χ0n) is 27.7. The highest BCUT2D eigenvalue weighted by atomic mass is 16.5. The molecule has 0 radical (unpaired) electrons. The summed E-state index contributed by atoms with van der Waals surface area (Å²) in [6, 6.07) is 12.6. The van der Waals surface area contributed by atoms with Gasteiger partial charge in [0.25, 0.3) is 0 Å². The molecule has 2 aromatic rings. The number of ether oxygens (including phenoxy) is 1. The summed E-state index contributed by atoms with van der Waals surface area (Å²) in [6.07, 6.45) is 15.4. The van der Waals surface area contributed by atoms with Crippen LogP contribution >= 0.6 is 0 Å². The smallest absolute Gasteiger partial charge is 0.119 e. The van der Waals surface area contributed by atoms with Crippen molar-refractivity contribution in [1.29, 1.82) is 0 Å². The van der Waals surface area contributed by atoms with Crippen molar-refractivity contribution < 1.29 is 9.84 Å². The minimum absolute atomic E-state index is 0.210. The van der Waals surface area contributed by atoms with Gasteiger partial charge in [-0.3, -0.25) is 0 Å². The van der Waals surface area contributed by atoms with Crippen LogP contribution in [0.15, 0.2) is 46.6 Å². The van der Waals surface area contributed by atoms with Gasteiger partial charge in [0.05, 0.1) is 19.4 Å². The summed E-state index contributed by atoms with van der Waals surface area (Å²) in [5.74, 6) is 5.95. The Morgan fingerprint density at radius 3 is 2.47 bits per heavy atom. The molecular weight excluding hydrogens is 528 g/mol. The number of methoxy groups -OCH3 is 1. The minimum Gasteiger partial charge on any atom is -0.497 e. The third-order valence-corrected chi connectivity index (χ3v) is 13.1. The summed E-state index contributed by atoms with van der Waals surface area (Å²) in [5, 5.41) is 22.9. The van der Waals surface area contributed by atoms with Crippen molar-refractivity contribution in [2.75, 3.05) is 7.11 Å². The van der Waals surface area contributed by atoms with Gasteiger partial charge in [0.1, 0.15) is 5.75 Å². The Kier molecular flexibility index (Phi) is 8.81. The first-order valence-corrected chi connectivity index (χ1v) is 17.5. The highest BCUT2D eigenvalue weighted by molar-refractivity contribution is 5.92. The van der Waals surface area contributed by atoms with Crippen LogP contribution in [0.5, 0.6) is 5.75 Å². The van der Waals surface area contributed by atoms with Crippen LogP contribution < -0.4 is 4.74 Å². The third kappa shape index (κ3) is 5.83. The normalized spacial score (nSPS) is 37.4. The monoisotopic (exact) mass is 584 g/mol. The van der Waals surface area contributed by atoms with Gasteiger partial charge in [0, 0.05) is 11.6 Å². The van der Waals surface area contributed by atoms with Gasteiger partial charge in [-0.2, -0.15) is 10.2 Å². The van der Waals surface area contributed by atoms with Gasteiger partial charge in [0.2, 0.25) is 0 Å². The van der Waals surface area contributed by atoms with E-state index >= 15 is 0 Å². The molecule has 1 N–H and O–H groups in total. The van der Waals surface area contributed by atoms with Crippen LogP contribution in [0, 0.1) is 52.3 Å². The first kappa shape index (κ1) is 30.8. The SMILES string of the molecule is COc1ccc2cc(/C=N/N=C3\C[C@H]4[C@@H]5CC[C@H]([C@H](C)CCCC(C)C)[C@@]5(C)CC[C@@H]4[C@@]4(C)CC[C@H](O)CC34)ccc2c1. The molecule has 43 heavy (non-hydrogen) atoms. The van der Waals surface area contributed by atoms with Crippen LogP contribution in [0.1, 0.15) is 111 Å². The molecule has 4 saturated carbocycles. The van der Waals surface area contributed by atoms with Gasteiger partial charge in [-0.15, -0.1) is 0 Å². The average molecular weight is 585 g/mol. The molecule has 6 rings (SSSR count). The highest BCUT2D eigenvalue weighted by Gasteiger charge is 2.62. The fourth-order valence-electron chi connectivity index (χ4n) is 10.8. The van der Waals surface area contributed by atoms with E-state index in [4.69, 9.17) is 14.9 Å². The van der Waals surface area contributed by atoms with E-state index in [1.807, 2.05) is 12.3 Å². The quantitative estimate of drug-likeness (QED) is 0.248. The molecule has 0 spiro atoms. The molecule has 2 aromatic carbocycles. The van der Waals surface area contributed by atoms with Gasteiger partial charge in [-0.1, -0.05) is 72.1 Å². The van der Waals surface area contributed by atoms with Crippen molar-refractivity contribution >= 4 is 22.7 Å². The van der Waals surface area contributed by atoms with Gasteiger partial charge in [-0.05, 0) is 132 Å². The van der Waals surface area contributed by atoms with Crippen LogP contribution in [-0.4, -0.2) is 30.2 Å². The summed E-state index contributed by atoms with van der Waals surface area (Å²) in [4.78, 5) is 0. The maximum Gasteiger partial charge on any atom is 0.119 e. The Bertz CT molecular complexity index is 1350. The molecule has 1 unspecified atom stereocenters. The minimum atomic E-state index is -0.210. The molecule has 0 saturated heterocycles. The van der Waals surface area contributed by atoms with Gasteiger partial charge >= 0.3 is 0 Å². The molecule has 0 amide bonds. The van der Waals surface area contributed by atoms with Crippen LogP contribution in [0.25, 0.3) is 10.8 Å². The van der Waals surface area contributed by atoms with Gasteiger partial charge < -0.3 is 9.84 Å². The number of hydrogen-bond acceptors (Lipinski definition) is 4. The molecule has 9 atom stereocenters. The lowest BCUT2D eigenvalue weighted by Gasteiger charge is -2.61. The van der Waals surface area contributed by atoms with Crippen molar-refractivity contribution in [2.45, 2.75) is 111 Å². The van der Waals surface area contributed by atoms with Crippen LogP contribution in [0.4, 0.5) is 0 Å². The molecule has 4 aliphatic carbocycles. The number of benzene rings is 2. The predicted octanol–water partition coefficient (Wildman–Crippen LogP) is 9.72. The van der Waals surface area contributed by atoms with E-state index in [0.717, 1.165) is 72.0 Å². The summed E-state index contributed by atoms with van der Waals surface area (Å²) < 4.78 is 5.39. The molecule has 0 heterocycles. The van der Waals surface area contributed by atoms with E-state index in [2.05, 4.69) is 65.0 Å². The molecule has 0 aliphatic heterocycles. The summed E-state index contributed by atoms with van der Waals surface area (Å²) in [7, 11) is 1.71. The summed E-state index contributed by atoms with van der Waals surface area (Å²) >= 11 is 0. The molecule has 4 heteroatoms. The molecule has 0 bridgehead atoms. The zero-order chi connectivity index (χ0) is 30.4. The second kappa shape index (κ2) is 12.3. The molecule has 4 aliphatic rings. The molecule has 0 aromatic heterocycles. The summed E-state index contributed by atoms with van der Waals surface area (Å²) in [6.45, 7) is 12.5. The van der Waals surface area contributed by atoms with Crippen molar-refractivity contribution in [3.63, 3.8) is 0 Å². The third-order valence-electron chi connectivity index (χ3n) is 13.1. The lowest BCUT2D eigenvalue weighted by atomic mass is 9.44. The van der Waals surface area contributed by atoms with Crippen molar-refractivity contribution in [3.05, 3.63) is 42.0 Å². The van der Waals surface area contributed by atoms with Gasteiger partial charge in [-0.25, -0.2) is 0 Å². The first-order valence-electron chi connectivity index (χ1n) is 17.5. The van der Waals surface area contributed by atoms with E-state index in [1.54, 1.807) is 7.11 Å². The van der Waals surface area contributed by atoms with E-state index in [9.17, 15) is 5.11 Å². The van der Waals surface area contributed by atoms with Crippen molar-refractivity contribution in [2.24, 2.45) is 62.5 Å². The van der Waals surface area contributed by atoms with Crippen LogP contribution in [0.2, 0.25) is 0 Å². The van der Waals surface area contributed by atoms with Crippen molar-refractivity contribution in [3.8, 4) is 5.75 Å². The first-order chi connectivity index (χ1) is 20.6. The molecule has 4 fully saturated rings. The molecule has 4 nitrogen and oxygen atoms in total. The standard InChI is InChI=1S/C39H56N2O2/c1-25(2)8-7-9-26(3)33-14-15-34-32-23-37(36-22-30(42)16-18-39(36,5)35(32)17-19-38(33,34)4)41-40-24-27-10-11-29-21-31(43-6)13-12-28(29)20-27/h10-13,20-21,24-26,30,32-36,42H,7-9,14-19,22-23H2,1-6H3/b40-24+,41-37+/t26-,30+,32+,33-,34+,35+,36?,38-,39-/m1/s1. The fourth-order valence-corrected chi connectivity index (χ4v) is 10.8. The van der Waals surface area contributed by atoms with Crippen LogP contribution in [-0.2, 0) is 0 Å². The van der Waals surface area contributed by atoms with Gasteiger partial charge in [0.15, 0.2) is 0 Å². The summed E-state index contributed by atoms with van der Waals surface area (Å²) in [5.41, 5.74) is 3.01. The predicted molar refractivity (Wildman–Crippen MR) is 180 cm³/mol. The number of fused-ring (bicyclic) bond motifs is 6. The molecular formula is C39H56N2O2. The average Bonchev–Trinajstić information content (AvgIpc) is 3.34. The lowest BCUT2D eigenvalue weighted by molar-refractivity contribution is -0.0938. The van der Waals surface area contributed by atoms with E-state index in [0.29, 0.717) is 17.3 Å². The Labute approximate surface area is 260 Å². The number of nitrogens with zero attached hydrogens (tertiary/aromatic N) is 2. The number of aliphatic hydroxyl groups is 1. The number of aliphatic hydroxyl groups excluding tert-OH is 1. The highest BCUT2D eigenvalue weighted by Crippen LogP contribution is 2.68. The molecule has 234 valence electrons. The second-order valence-corrected chi connectivity index (χ2v) is 15.9. The van der Waals surface area contributed by atoms with E-state index in [1.165, 1.54) is 56.0 Å². The Morgan fingerprint density at radius 1 is 0.930 bits per heavy atom. The number of rotatable bonds is 8. The Morgan fingerprint density at radius 2 is 1.67 bits per heavy atom. The fraction of sp³-hybridized carbons (Fsp3) is 0.692. The zero-order valence-corrected chi connectivity index (χ0v) is 27.7. The largest absolute Gasteiger partial charge is 0.497 e.